The largest absolute Gasteiger partial charge is 0.462 e. The van der Waals surface area contributed by atoms with E-state index in [2.05, 4.69) is 15.9 Å². The minimum atomic E-state index is -0.419. The molecule has 5 nitrogen and oxygen atoms in total. The fourth-order valence-corrected chi connectivity index (χ4v) is 4.09. The third-order valence-corrected chi connectivity index (χ3v) is 5.33. The molecule has 2 heterocycles. The van der Waals surface area contributed by atoms with Gasteiger partial charge in [-0.25, -0.2) is 4.79 Å². The number of fused-ring (bicyclic) bond motifs is 1. The van der Waals surface area contributed by atoms with Crippen molar-refractivity contribution in [1.82, 2.24) is 0 Å². The van der Waals surface area contributed by atoms with Gasteiger partial charge in [0.25, 0.3) is 0 Å². The zero-order valence-electron chi connectivity index (χ0n) is 12.6. The van der Waals surface area contributed by atoms with E-state index in [1.54, 1.807) is 4.90 Å². The summed E-state index contributed by atoms with van der Waals surface area (Å²) >= 11 is 5.05. The molecule has 0 radical (unpaired) electrons. The molecule has 1 aliphatic rings. The molecule has 0 spiro atoms. The van der Waals surface area contributed by atoms with Gasteiger partial charge in [0, 0.05) is 21.0 Å². The van der Waals surface area contributed by atoms with Gasteiger partial charge in [-0.3, -0.25) is 9.69 Å². The smallest absolute Gasteiger partial charge is 0.415 e. The molecule has 0 unspecified atom stereocenters. The third-order valence-electron chi connectivity index (χ3n) is 3.52. The molecule has 3 rings (SSSR count). The molecule has 1 fully saturated rings. The maximum absolute atomic E-state index is 12.1. The van der Waals surface area contributed by atoms with Gasteiger partial charge in [-0.2, -0.15) is 0 Å². The quantitative estimate of drug-likeness (QED) is 0.704. The predicted octanol–water partition coefficient (Wildman–Crippen LogP) is 4.33. The second kappa shape index (κ2) is 6.88. The summed E-state index contributed by atoms with van der Waals surface area (Å²) in [5, 5.41) is 1.90. The Labute approximate surface area is 146 Å². The number of thiophene rings is 1. The van der Waals surface area contributed by atoms with E-state index in [4.69, 9.17) is 9.47 Å². The molecule has 23 heavy (non-hydrogen) atoms. The molecular weight excluding hydrogens is 382 g/mol. The van der Waals surface area contributed by atoms with E-state index in [0.29, 0.717) is 13.0 Å². The minimum absolute atomic E-state index is 0.107. The van der Waals surface area contributed by atoms with Crippen molar-refractivity contribution in [3.63, 3.8) is 0 Å². The highest BCUT2D eigenvalue weighted by Crippen LogP contribution is 2.37. The van der Waals surface area contributed by atoms with E-state index in [1.165, 1.54) is 11.3 Å². The van der Waals surface area contributed by atoms with Crippen LogP contribution < -0.4 is 4.90 Å². The van der Waals surface area contributed by atoms with Crippen LogP contribution in [0.4, 0.5) is 9.80 Å². The molecule has 1 aromatic carbocycles. The summed E-state index contributed by atoms with van der Waals surface area (Å²) in [5.41, 5.74) is 0. The fourth-order valence-electron chi connectivity index (χ4n) is 2.40. The summed E-state index contributed by atoms with van der Waals surface area (Å²) in [4.78, 5) is 25.1. The van der Waals surface area contributed by atoms with Crippen LogP contribution in [0.3, 0.4) is 0 Å². The first-order chi connectivity index (χ1) is 11.1. The Kier molecular flexibility index (Phi) is 4.87. The summed E-state index contributed by atoms with van der Waals surface area (Å²) in [7, 11) is 0. The topological polar surface area (TPSA) is 55.8 Å². The SMILES string of the molecule is CCCC(=O)OC[C@H]1CN(c2cc3c(Br)cccc3s2)C(=O)O1. The van der Waals surface area contributed by atoms with Gasteiger partial charge in [0.1, 0.15) is 11.6 Å². The molecule has 1 saturated heterocycles. The first-order valence-electron chi connectivity index (χ1n) is 7.40. The lowest BCUT2D eigenvalue weighted by Crippen LogP contribution is -2.25. The Morgan fingerprint density at radius 3 is 3.09 bits per heavy atom. The molecular formula is C16H16BrNO4S. The monoisotopic (exact) mass is 397 g/mol. The molecule has 7 heteroatoms. The maximum Gasteiger partial charge on any atom is 0.415 e. The first kappa shape index (κ1) is 16.3. The van der Waals surface area contributed by atoms with Crippen molar-refractivity contribution in [1.29, 1.82) is 0 Å². The Bertz CT molecular complexity index is 745. The van der Waals surface area contributed by atoms with E-state index in [1.807, 2.05) is 31.2 Å². The minimum Gasteiger partial charge on any atom is -0.462 e. The summed E-state index contributed by atoms with van der Waals surface area (Å²) in [6.07, 6.45) is 0.307. The van der Waals surface area contributed by atoms with E-state index in [0.717, 1.165) is 26.0 Å². The van der Waals surface area contributed by atoms with Gasteiger partial charge in [0.15, 0.2) is 6.10 Å². The number of hydrogen-bond acceptors (Lipinski definition) is 5. The van der Waals surface area contributed by atoms with Crippen LogP contribution in [0.1, 0.15) is 19.8 Å². The number of cyclic esters (lactones) is 1. The Hall–Kier alpha value is -1.60. The van der Waals surface area contributed by atoms with Gasteiger partial charge in [-0.15, -0.1) is 11.3 Å². The van der Waals surface area contributed by atoms with Crippen LogP contribution in [0.2, 0.25) is 0 Å². The molecule has 0 saturated carbocycles. The van der Waals surface area contributed by atoms with Crippen molar-refractivity contribution in [2.24, 2.45) is 0 Å². The normalized spacial score (nSPS) is 17.6. The lowest BCUT2D eigenvalue weighted by Gasteiger charge is -2.10. The fraction of sp³-hybridized carbons (Fsp3) is 0.375. The zero-order chi connectivity index (χ0) is 16.4. The highest BCUT2D eigenvalue weighted by molar-refractivity contribution is 9.10. The summed E-state index contributed by atoms with van der Waals surface area (Å²) in [6, 6.07) is 7.92. The number of nitrogens with zero attached hydrogens (tertiary/aromatic N) is 1. The molecule has 122 valence electrons. The number of esters is 1. The average Bonchev–Trinajstić information content (AvgIpc) is 3.09. The van der Waals surface area contributed by atoms with E-state index in [-0.39, 0.29) is 12.6 Å². The van der Waals surface area contributed by atoms with E-state index < -0.39 is 12.2 Å². The van der Waals surface area contributed by atoms with Crippen LogP contribution >= 0.6 is 27.3 Å². The van der Waals surface area contributed by atoms with Gasteiger partial charge in [-0.1, -0.05) is 28.9 Å². The number of carbonyl (C=O) groups excluding carboxylic acids is 2. The Balaban J connectivity index is 1.69. The van der Waals surface area contributed by atoms with Crippen molar-refractivity contribution >= 4 is 54.4 Å². The number of hydrogen-bond donors (Lipinski definition) is 0. The van der Waals surface area contributed by atoms with Gasteiger partial charge in [-0.05, 0) is 24.6 Å². The van der Waals surface area contributed by atoms with Crippen LogP contribution in [0.25, 0.3) is 10.1 Å². The van der Waals surface area contributed by atoms with Crippen molar-refractivity contribution in [2.75, 3.05) is 18.1 Å². The number of rotatable bonds is 5. The van der Waals surface area contributed by atoms with Gasteiger partial charge < -0.3 is 9.47 Å². The average molecular weight is 398 g/mol. The number of amides is 1. The van der Waals surface area contributed by atoms with Crippen LogP contribution in [-0.4, -0.2) is 31.3 Å². The highest BCUT2D eigenvalue weighted by Gasteiger charge is 2.34. The molecule has 1 aliphatic heterocycles. The lowest BCUT2D eigenvalue weighted by molar-refractivity contribution is -0.146. The van der Waals surface area contributed by atoms with E-state index >= 15 is 0 Å². The summed E-state index contributed by atoms with van der Waals surface area (Å²) in [5.74, 6) is -0.257. The van der Waals surface area contributed by atoms with Gasteiger partial charge in [0.2, 0.25) is 0 Å². The number of carbonyl (C=O) groups is 2. The standard InChI is InChI=1S/C16H16BrNO4S/c1-2-4-15(19)21-9-10-8-18(16(20)22-10)14-7-11-12(17)5-3-6-13(11)23-14/h3,5-7,10H,2,4,8-9H2,1H3/t10-/m1/s1. The van der Waals surface area contributed by atoms with Crippen molar-refractivity contribution in [3.8, 4) is 0 Å². The van der Waals surface area contributed by atoms with Crippen LogP contribution in [0.5, 0.6) is 0 Å². The molecule has 1 atom stereocenters. The zero-order valence-corrected chi connectivity index (χ0v) is 15.0. The summed E-state index contributed by atoms with van der Waals surface area (Å²) < 4.78 is 12.5. The molecule has 0 N–H and O–H groups in total. The van der Waals surface area contributed by atoms with Crippen molar-refractivity contribution in [2.45, 2.75) is 25.9 Å². The first-order valence-corrected chi connectivity index (χ1v) is 9.01. The van der Waals surface area contributed by atoms with Crippen LogP contribution in [-0.2, 0) is 14.3 Å². The highest BCUT2D eigenvalue weighted by atomic mass is 79.9. The van der Waals surface area contributed by atoms with Crippen LogP contribution in [0.15, 0.2) is 28.7 Å². The number of halogens is 1. The predicted molar refractivity (Wildman–Crippen MR) is 93.0 cm³/mol. The number of ether oxygens (including phenoxy) is 2. The molecule has 0 bridgehead atoms. The molecule has 0 aliphatic carbocycles. The third kappa shape index (κ3) is 3.50. The molecule has 1 aromatic heterocycles. The molecule has 2 aromatic rings. The maximum atomic E-state index is 12.1. The van der Waals surface area contributed by atoms with Crippen LogP contribution in [0, 0.1) is 0 Å². The second-order valence-electron chi connectivity index (χ2n) is 5.29. The van der Waals surface area contributed by atoms with Gasteiger partial charge >= 0.3 is 12.1 Å². The second-order valence-corrected chi connectivity index (χ2v) is 7.20. The lowest BCUT2D eigenvalue weighted by atomic mass is 10.2. The number of benzene rings is 1. The Morgan fingerprint density at radius 1 is 1.52 bits per heavy atom. The Morgan fingerprint density at radius 2 is 2.35 bits per heavy atom. The summed E-state index contributed by atoms with van der Waals surface area (Å²) in [6.45, 7) is 2.41. The van der Waals surface area contributed by atoms with E-state index in [9.17, 15) is 9.59 Å². The number of anilines is 1. The van der Waals surface area contributed by atoms with Crippen molar-refractivity contribution in [3.05, 3.63) is 28.7 Å². The molecule has 1 amide bonds. The van der Waals surface area contributed by atoms with Gasteiger partial charge in [0.05, 0.1) is 6.54 Å². The van der Waals surface area contributed by atoms with Crippen molar-refractivity contribution < 1.29 is 19.1 Å².